The highest BCUT2D eigenvalue weighted by atomic mass is 35.5. The molecule has 0 spiro atoms. The molecule has 0 radical (unpaired) electrons. The molecule has 0 saturated carbocycles. The fourth-order valence-electron chi connectivity index (χ4n) is 2.56. The van der Waals surface area contributed by atoms with Crippen molar-refractivity contribution < 1.29 is 9.53 Å². The Morgan fingerprint density at radius 1 is 1.32 bits per heavy atom. The predicted molar refractivity (Wildman–Crippen MR) is 107 cm³/mol. The zero-order valence-corrected chi connectivity index (χ0v) is 17.8. The molecule has 2 N–H and O–H groups in total. The van der Waals surface area contributed by atoms with Crippen LogP contribution < -0.4 is 5.73 Å². The second kappa shape index (κ2) is 10.6. The Hall–Kier alpha value is -0.440. The summed E-state index contributed by atoms with van der Waals surface area (Å²) in [5, 5.41) is 3.32. The number of amides is 1. The van der Waals surface area contributed by atoms with Gasteiger partial charge in [0, 0.05) is 50.6 Å². The van der Waals surface area contributed by atoms with Gasteiger partial charge in [-0.05, 0) is 0 Å². The van der Waals surface area contributed by atoms with Crippen molar-refractivity contribution in [1.82, 2.24) is 14.8 Å². The molecule has 9 heteroatoms. The number of nitrogens with zero attached hydrogens (tertiary/aromatic N) is 3. The van der Waals surface area contributed by atoms with Crippen LogP contribution in [0.4, 0.5) is 0 Å². The van der Waals surface area contributed by atoms with Gasteiger partial charge in [-0.15, -0.1) is 36.2 Å². The molecule has 0 aliphatic carbocycles. The summed E-state index contributed by atoms with van der Waals surface area (Å²) in [4.78, 5) is 21.1. The van der Waals surface area contributed by atoms with Gasteiger partial charge in [-0.1, -0.05) is 20.8 Å². The second-order valence-electron chi connectivity index (χ2n) is 7.06. The van der Waals surface area contributed by atoms with Crippen LogP contribution in [0.5, 0.6) is 0 Å². The van der Waals surface area contributed by atoms with Crippen molar-refractivity contribution in [2.45, 2.75) is 38.8 Å². The van der Waals surface area contributed by atoms with Crippen molar-refractivity contribution in [3.05, 3.63) is 16.1 Å². The predicted octanol–water partition coefficient (Wildman–Crippen LogP) is 1.90. The van der Waals surface area contributed by atoms with Crippen molar-refractivity contribution in [3.63, 3.8) is 0 Å². The third-order valence-electron chi connectivity index (χ3n) is 3.93. The molecule has 1 atom stereocenters. The van der Waals surface area contributed by atoms with Gasteiger partial charge in [0.1, 0.15) is 6.04 Å². The number of carbonyl (C=O) groups is 1. The molecule has 25 heavy (non-hydrogen) atoms. The molecular formula is C16H30Cl2N4O2S. The van der Waals surface area contributed by atoms with Crippen LogP contribution in [-0.4, -0.2) is 66.6 Å². The van der Waals surface area contributed by atoms with E-state index < -0.39 is 6.04 Å². The molecule has 1 amide bonds. The van der Waals surface area contributed by atoms with E-state index in [2.05, 4.69) is 31.1 Å². The van der Waals surface area contributed by atoms with Crippen LogP contribution in [0.1, 0.15) is 31.5 Å². The lowest BCUT2D eigenvalue weighted by atomic mass is 9.98. The Balaban J connectivity index is 0.00000288. The van der Waals surface area contributed by atoms with Crippen molar-refractivity contribution in [2.24, 2.45) is 5.73 Å². The molecule has 0 bridgehead atoms. The normalized spacial score (nSPS) is 16.8. The van der Waals surface area contributed by atoms with Crippen molar-refractivity contribution in [3.8, 4) is 0 Å². The fourth-order valence-corrected chi connectivity index (χ4v) is 3.46. The molecule has 146 valence electrons. The molecule has 1 aromatic rings. The van der Waals surface area contributed by atoms with Crippen LogP contribution in [-0.2, 0) is 21.5 Å². The van der Waals surface area contributed by atoms with Gasteiger partial charge in [-0.25, -0.2) is 4.98 Å². The van der Waals surface area contributed by atoms with Gasteiger partial charge in [-0.3, -0.25) is 9.69 Å². The lowest BCUT2D eigenvalue weighted by Gasteiger charge is -2.35. The lowest BCUT2D eigenvalue weighted by Crippen LogP contribution is -2.53. The largest absolute Gasteiger partial charge is 0.383 e. The summed E-state index contributed by atoms with van der Waals surface area (Å²) in [6.45, 7) is 10.8. The Kier molecular flexibility index (Phi) is 10.5. The number of hydrogen-bond donors (Lipinski definition) is 1. The number of nitrogens with two attached hydrogens (primary N) is 1. The molecule has 1 aromatic heterocycles. The minimum Gasteiger partial charge on any atom is -0.383 e. The van der Waals surface area contributed by atoms with Crippen LogP contribution in [0, 0.1) is 0 Å². The first kappa shape index (κ1) is 24.6. The Morgan fingerprint density at radius 3 is 2.40 bits per heavy atom. The third-order valence-corrected chi connectivity index (χ3v) is 5.24. The van der Waals surface area contributed by atoms with E-state index in [4.69, 9.17) is 15.5 Å². The summed E-state index contributed by atoms with van der Waals surface area (Å²) in [6.07, 6.45) is 0. The number of rotatable bonds is 5. The maximum Gasteiger partial charge on any atom is 0.241 e. The number of thiazole rings is 1. The van der Waals surface area contributed by atoms with E-state index in [0.29, 0.717) is 13.1 Å². The molecule has 1 aliphatic rings. The van der Waals surface area contributed by atoms with E-state index in [-0.39, 0.29) is 42.7 Å². The maximum absolute atomic E-state index is 12.2. The minimum atomic E-state index is -0.556. The molecule has 0 aromatic carbocycles. The number of methoxy groups -OCH3 is 1. The summed E-state index contributed by atoms with van der Waals surface area (Å²) < 4.78 is 4.96. The molecule has 2 rings (SSSR count). The number of hydrogen-bond acceptors (Lipinski definition) is 6. The van der Waals surface area contributed by atoms with Crippen LogP contribution >= 0.6 is 36.2 Å². The molecule has 1 saturated heterocycles. The number of aromatic nitrogens is 1. The molecular weight excluding hydrogens is 383 g/mol. The molecule has 6 nitrogen and oxygen atoms in total. The van der Waals surface area contributed by atoms with Gasteiger partial charge in [-0.2, -0.15) is 0 Å². The first-order chi connectivity index (χ1) is 10.8. The Bertz CT molecular complexity index is 528. The van der Waals surface area contributed by atoms with E-state index in [1.807, 2.05) is 4.90 Å². The molecule has 1 fully saturated rings. The van der Waals surface area contributed by atoms with E-state index in [9.17, 15) is 4.79 Å². The van der Waals surface area contributed by atoms with E-state index >= 15 is 0 Å². The van der Waals surface area contributed by atoms with Gasteiger partial charge in [0.2, 0.25) is 5.91 Å². The number of halogens is 2. The summed E-state index contributed by atoms with van der Waals surface area (Å²) in [6, 6.07) is -0.556. The second-order valence-corrected chi connectivity index (χ2v) is 7.92. The van der Waals surface area contributed by atoms with Gasteiger partial charge in [0.25, 0.3) is 0 Å². The zero-order valence-electron chi connectivity index (χ0n) is 15.4. The van der Waals surface area contributed by atoms with Crippen molar-refractivity contribution >= 4 is 42.1 Å². The highest BCUT2D eigenvalue weighted by Crippen LogP contribution is 2.26. The zero-order chi connectivity index (χ0) is 17.0. The minimum absolute atomic E-state index is 0. The summed E-state index contributed by atoms with van der Waals surface area (Å²) in [7, 11) is 1.56. The van der Waals surface area contributed by atoms with Gasteiger partial charge in [0.15, 0.2) is 0 Å². The van der Waals surface area contributed by atoms with E-state index in [0.717, 1.165) is 25.3 Å². The van der Waals surface area contributed by atoms with Gasteiger partial charge >= 0.3 is 0 Å². The number of ether oxygens (including phenoxy) is 1. The maximum atomic E-state index is 12.2. The molecule has 1 unspecified atom stereocenters. The van der Waals surface area contributed by atoms with Crippen LogP contribution in [0.15, 0.2) is 5.38 Å². The summed E-state index contributed by atoms with van der Waals surface area (Å²) >= 11 is 1.73. The van der Waals surface area contributed by atoms with Gasteiger partial charge < -0.3 is 15.4 Å². The van der Waals surface area contributed by atoms with E-state index in [1.54, 1.807) is 18.4 Å². The van der Waals surface area contributed by atoms with Crippen molar-refractivity contribution in [1.29, 1.82) is 0 Å². The summed E-state index contributed by atoms with van der Waals surface area (Å²) in [5.74, 6) is -0.0184. The number of piperazine rings is 1. The topological polar surface area (TPSA) is 71.7 Å². The lowest BCUT2D eigenvalue weighted by molar-refractivity contribution is -0.135. The quantitative estimate of drug-likeness (QED) is 0.799. The van der Waals surface area contributed by atoms with Gasteiger partial charge in [0.05, 0.1) is 17.3 Å². The fraction of sp³-hybridized carbons (Fsp3) is 0.750. The van der Waals surface area contributed by atoms with Crippen molar-refractivity contribution in [2.75, 3.05) is 39.9 Å². The smallest absolute Gasteiger partial charge is 0.241 e. The Morgan fingerprint density at radius 2 is 1.92 bits per heavy atom. The first-order valence-electron chi connectivity index (χ1n) is 8.02. The molecule has 1 aliphatic heterocycles. The van der Waals surface area contributed by atoms with Crippen LogP contribution in [0.2, 0.25) is 0 Å². The van der Waals surface area contributed by atoms with Crippen LogP contribution in [0.25, 0.3) is 0 Å². The number of carbonyl (C=O) groups excluding carboxylic acids is 1. The average Bonchev–Trinajstić information content (AvgIpc) is 2.96. The van der Waals surface area contributed by atoms with E-state index in [1.165, 1.54) is 5.01 Å². The average molecular weight is 413 g/mol. The highest BCUT2D eigenvalue weighted by molar-refractivity contribution is 7.09. The standard InChI is InChI=1S/C16H28N4O2S.2ClH/c1-16(2,3)15-18-12(11-23-15)9-19-5-7-20(8-6-19)14(21)13(17)10-22-4;;/h11,13H,5-10,17H2,1-4H3;2*1H. The third kappa shape index (κ3) is 7.00. The Labute approximate surface area is 166 Å². The first-order valence-corrected chi connectivity index (χ1v) is 8.89. The monoisotopic (exact) mass is 412 g/mol. The van der Waals surface area contributed by atoms with Crippen LogP contribution in [0.3, 0.4) is 0 Å². The summed E-state index contributed by atoms with van der Waals surface area (Å²) in [5.41, 5.74) is 7.05. The molecule has 2 heterocycles. The SMILES string of the molecule is COCC(N)C(=O)N1CCN(Cc2csc(C(C)(C)C)n2)CC1.Cl.Cl. The highest BCUT2D eigenvalue weighted by Gasteiger charge is 2.26.